The molecule has 0 spiro atoms. The zero-order valence-corrected chi connectivity index (χ0v) is 14.0. The van der Waals surface area contributed by atoms with Gasteiger partial charge in [0.1, 0.15) is 5.82 Å². The SMILES string of the molecule is Cc1ccnc(N)c1CNCC(CCO)c1ccc(C(F)(F)F)cc1. The number of aryl methyl sites for hydroxylation is 1. The predicted molar refractivity (Wildman–Crippen MR) is 91.0 cm³/mol. The summed E-state index contributed by atoms with van der Waals surface area (Å²) in [5.41, 5.74) is 7.87. The van der Waals surface area contributed by atoms with Gasteiger partial charge in [-0.3, -0.25) is 0 Å². The Bertz CT molecular complexity index is 667. The lowest BCUT2D eigenvalue weighted by Gasteiger charge is -2.19. The van der Waals surface area contributed by atoms with E-state index in [9.17, 15) is 18.3 Å². The van der Waals surface area contributed by atoms with E-state index in [2.05, 4.69) is 10.3 Å². The Labute approximate surface area is 144 Å². The molecule has 1 heterocycles. The van der Waals surface area contributed by atoms with E-state index < -0.39 is 11.7 Å². The van der Waals surface area contributed by atoms with Gasteiger partial charge in [-0.15, -0.1) is 0 Å². The van der Waals surface area contributed by atoms with Crippen molar-refractivity contribution in [1.82, 2.24) is 10.3 Å². The summed E-state index contributed by atoms with van der Waals surface area (Å²) < 4.78 is 38.0. The highest BCUT2D eigenvalue weighted by Crippen LogP contribution is 2.30. The van der Waals surface area contributed by atoms with Crippen LogP contribution in [0.5, 0.6) is 0 Å². The maximum atomic E-state index is 12.7. The molecule has 4 nitrogen and oxygen atoms in total. The number of halogens is 3. The number of nitrogens with two attached hydrogens (primary N) is 1. The van der Waals surface area contributed by atoms with Gasteiger partial charge in [-0.05, 0) is 48.6 Å². The largest absolute Gasteiger partial charge is 0.416 e. The first-order valence-electron chi connectivity index (χ1n) is 8.01. The lowest BCUT2D eigenvalue weighted by atomic mass is 9.94. The molecule has 0 aliphatic carbocycles. The molecule has 0 bridgehead atoms. The third-order valence-electron chi connectivity index (χ3n) is 4.20. The van der Waals surface area contributed by atoms with E-state index in [0.29, 0.717) is 25.3 Å². The summed E-state index contributed by atoms with van der Waals surface area (Å²) >= 11 is 0. The lowest BCUT2D eigenvalue weighted by molar-refractivity contribution is -0.137. The summed E-state index contributed by atoms with van der Waals surface area (Å²) in [5.74, 6) is 0.367. The van der Waals surface area contributed by atoms with Gasteiger partial charge in [0.05, 0.1) is 5.56 Å². The van der Waals surface area contributed by atoms with Crippen molar-refractivity contribution in [3.8, 4) is 0 Å². The number of hydrogen-bond donors (Lipinski definition) is 3. The molecule has 0 aliphatic rings. The first kappa shape index (κ1) is 19.2. The molecule has 1 unspecified atom stereocenters. The summed E-state index contributed by atoms with van der Waals surface area (Å²) in [6, 6.07) is 6.95. The lowest BCUT2D eigenvalue weighted by Crippen LogP contribution is -2.23. The third kappa shape index (κ3) is 5.17. The molecule has 0 saturated heterocycles. The van der Waals surface area contributed by atoms with E-state index in [4.69, 9.17) is 5.73 Å². The molecule has 136 valence electrons. The Kier molecular flexibility index (Phi) is 6.39. The van der Waals surface area contributed by atoms with E-state index in [0.717, 1.165) is 28.8 Å². The Hall–Kier alpha value is -2.12. The van der Waals surface area contributed by atoms with Crippen molar-refractivity contribution in [2.45, 2.75) is 32.0 Å². The van der Waals surface area contributed by atoms with Crippen LogP contribution in [0.4, 0.5) is 19.0 Å². The number of aliphatic hydroxyl groups is 1. The second-order valence-corrected chi connectivity index (χ2v) is 5.95. The smallest absolute Gasteiger partial charge is 0.396 e. The zero-order chi connectivity index (χ0) is 18.4. The molecule has 4 N–H and O–H groups in total. The summed E-state index contributed by atoms with van der Waals surface area (Å²) in [4.78, 5) is 4.06. The fourth-order valence-electron chi connectivity index (χ4n) is 2.70. The van der Waals surface area contributed by atoms with Gasteiger partial charge in [-0.1, -0.05) is 12.1 Å². The van der Waals surface area contributed by atoms with Crippen LogP contribution in [-0.4, -0.2) is 23.2 Å². The van der Waals surface area contributed by atoms with Crippen LogP contribution in [0.15, 0.2) is 36.5 Å². The van der Waals surface area contributed by atoms with Crippen LogP contribution >= 0.6 is 0 Å². The minimum absolute atomic E-state index is 0.0402. The second-order valence-electron chi connectivity index (χ2n) is 5.95. The van der Waals surface area contributed by atoms with Gasteiger partial charge in [0, 0.05) is 31.5 Å². The summed E-state index contributed by atoms with van der Waals surface area (Å²) in [6.45, 7) is 2.92. The van der Waals surface area contributed by atoms with Gasteiger partial charge in [0.2, 0.25) is 0 Å². The van der Waals surface area contributed by atoms with Crippen molar-refractivity contribution < 1.29 is 18.3 Å². The van der Waals surface area contributed by atoms with Crippen molar-refractivity contribution in [1.29, 1.82) is 0 Å². The molecule has 0 saturated carbocycles. The first-order valence-corrected chi connectivity index (χ1v) is 8.01. The van der Waals surface area contributed by atoms with Crippen LogP contribution in [0.3, 0.4) is 0 Å². The van der Waals surface area contributed by atoms with Gasteiger partial charge in [-0.2, -0.15) is 13.2 Å². The Balaban J connectivity index is 2.03. The zero-order valence-electron chi connectivity index (χ0n) is 14.0. The summed E-state index contributed by atoms with van der Waals surface area (Å²) in [6.07, 6.45) is -2.25. The highest BCUT2D eigenvalue weighted by molar-refractivity contribution is 5.43. The van der Waals surface area contributed by atoms with E-state index in [1.165, 1.54) is 12.1 Å². The molecule has 0 amide bonds. The molecular formula is C18H22F3N3O. The van der Waals surface area contributed by atoms with E-state index in [1.807, 2.05) is 13.0 Å². The fourth-order valence-corrected chi connectivity index (χ4v) is 2.70. The standard InChI is InChI=1S/C18H22F3N3O/c1-12-6-8-24-17(22)16(12)11-23-10-14(7-9-25)13-2-4-15(5-3-13)18(19,20)21/h2-6,8,14,23,25H,7,9-11H2,1H3,(H2,22,24). The molecule has 0 fully saturated rings. The third-order valence-corrected chi connectivity index (χ3v) is 4.20. The number of nitrogens with one attached hydrogen (secondary N) is 1. The van der Waals surface area contributed by atoms with Crippen molar-refractivity contribution in [3.05, 3.63) is 58.8 Å². The maximum absolute atomic E-state index is 12.7. The number of alkyl halides is 3. The van der Waals surface area contributed by atoms with Gasteiger partial charge < -0.3 is 16.2 Å². The molecule has 7 heteroatoms. The maximum Gasteiger partial charge on any atom is 0.416 e. The number of rotatable bonds is 7. The van der Waals surface area contributed by atoms with Crippen LogP contribution in [0.2, 0.25) is 0 Å². The van der Waals surface area contributed by atoms with Crippen LogP contribution in [0.25, 0.3) is 0 Å². The monoisotopic (exact) mass is 353 g/mol. The normalized spacial score (nSPS) is 13.0. The van der Waals surface area contributed by atoms with Crippen LogP contribution in [0, 0.1) is 6.92 Å². The first-order chi connectivity index (χ1) is 11.8. The van der Waals surface area contributed by atoms with Gasteiger partial charge in [-0.25, -0.2) is 4.98 Å². The minimum atomic E-state index is -4.35. The Morgan fingerprint density at radius 3 is 2.44 bits per heavy atom. The van der Waals surface area contributed by atoms with Crippen molar-refractivity contribution in [2.24, 2.45) is 0 Å². The number of nitrogens with zero attached hydrogens (tertiary/aromatic N) is 1. The van der Waals surface area contributed by atoms with Crippen molar-refractivity contribution in [3.63, 3.8) is 0 Å². The second kappa shape index (κ2) is 8.31. The number of hydrogen-bond acceptors (Lipinski definition) is 4. The minimum Gasteiger partial charge on any atom is -0.396 e. The van der Waals surface area contributed by atoms with E-state index in [1.54, 1.807) is 6.20 Å². The molecular weight excluding hydrogens is 331 g/mol. The molecule has 1 aromatic carbocycles. The van der Waals surface area contributed by atoms with Gasteiger partial charge in [0.15, 0.2) is 0 Å². The van der Waals surface area contributed by atoms with Crippen LogP contribution in [-0.2, 0) is 12.7 Å². The summed E-state index contributed by atoms with van der Waals surface area (Å²) in [7, 11) is 0. The highest BCUT2D eigenvalue weighted by Gasteiger charge is 2.30. The number of pyridine rings is 1. The average Bonchev–Trinajstić information content (AvgIpc) is 2.56. The molecule has 2 rings (SSSR count). The topological polar surface area (TPSA) is 71.2 Å². The average molecular weight is 353 g/mol. The molecule has 2 aromatic rings. The molecule has 1 aromatic heterocycles. The molecule has 25 heavy (non-hydrogen) atoms. The van der Waals surface area contributed by atoms with E-state index in [-0.39, 0.29) is 12.5 Å². The fraction of sp³-hybridized carbons (Fsp3) is 0.389. The van der Waals surface area contributed by atoms with Crippen LogP contribution in [0.1, 0.15) is 34.6 Å². The molecule has 0 aliphatic heterocycles. The van der Waals surface area contributed by atoms with Crippen molar-refractivity contribution >= 4 is 5.82 Å². The highest BCUT2D eigenvalue weighted by atomic mass is 19.4. The van der Waals surface area contributed by atoms with Crippen molar-refractivity contribution in [2.75, 3.05) is 18.9 Å². The number of benzene rings is 1. The number of aliphatic hydroxyl groups excluding tert-OH is 1. The Morgan fingerprint density at radius 2 is 1.88 bits per heavy atom. The Morgan fingerprint density at radius 1 is 1.20 bits per heavy atom. The molecule has 1 atom stereocenters. The van der Waals surface area contributed by atoms with Gasteiger partial charge in [0.25, 0.3) is 0 Å². The quantitative estimate of drug-likeness (QED) is 0.715. The van der Waals surface area contributed by atoms with Gasteiger partial charge >= 0.3 is 6.18 Å². The van der Waals surface area contributed by atoms with E-state index >= 15 is 0 Å². The predicted octanol–water partition coefficient (Wildman–Crippen LogP) is 3.25. The van der Waals surface area contributed by atoms with Crippen LogP contribution < -0.4 is 11.1 Å². The number of aromatic nitrogens is 1. The number of anilines is 1. The molecule has 0 radical (unpaired) electrons. The summed E-state index contributed by atoms with van der Waals surface area (Å²) in [5, 5.41) is 12.5. The number of nitrogen functional groups attached to an aromatic ring is 1.